The number of aryl methyl sites for hydroxylation is 3. The van der Waals surface area contributed by atoms with Crippen molar-refractivity contribution in [1.29, 1.82) is 0 Å². The molecule has 1 aromatic heterocycles. The summed E-state index contributed by atoms with van der Waals surface area (Å²) in [5.74, 6) is -0.373. The molecule has 1 aromatic carbocycles. The number of anilines is 2. The van der Waals surface area contributed by atoms with Crippen LogP contribution in [0.25, 0.3) is 0 Å². The summed E-state index contributed by atoms with van der Waals surface area (Å²) < 4.78 is 0. The summed E-state index contributed by atoms with van der Waals surface area (Å²) in [6, 6.07) is 8.05. The van der Waals surface area contributed by atoms with Crippen molar-refractivity contribution in [3.63, 3.8) is 0 Å². The molecule has 3 rings (SSSR count). The lowest BCUT2D eigenvalue weighted by molar-refractivity contribution is 0.0696. The van der Waals surface area contributed by atoms with E-state index in [2.05, 4.69) is 30.1 Å². The Labute approximate surface area is 124 Å². The third-order valence-electron chi connectivity index (χ3n) is 3.96. The van der Waals surface area contributed by atoms with E-state index in [1.165, 1.54) is 11.1 Å². The molecule has 21 heavy (non-hydrogen) atoms. The Morgan fingerprint density at radius 2 is 2.10 bits per heavy atom. The lowest BCUT2D eigenvalue weighted by Gasteiger charge is -2.31. The van der Waals surface area contributed by atoms with Gasteiger partial charge in [0.05, 0.1) is 0 Å². The lowest BCUT2D eigenvalue weighted by Crippen LogP contribution is -2.27. The highest BCUT2D eigenvalue weighted by molar-refractivity contribution is 5.96. The smallest absolute Gasteiger partial charge is 0.339 e. The first-order chi connectivity index (χ1) is 10.1. The number of aromatic nitrogens is 1. The number of benzene rings is 1. The molecule has 0 amide bonds. The maximum atomic E-state index is 11.6. The van der Waals surface area contributed by atoms with E-state index in [1.54, 1.807) is 12.3 Å². The summed E-state index contributed by atoms with van der Waals surface area (Å²) in [6.45, 7) is 4.69. The second-order valence-electron chi connectivity index (χ2n) is 5.52. The molecule has 0 fully saturated rings. The minimum absolute atomic E-state index is 0.297. The van der Waals surface area contributed by atoms with Crippen molar-refractivity contribution in [3.8, 4) is 0 Å². The van der Waals surface area contributed by atoms with Crippen LogP contribution in [0.1, 0.15) is 33.5 Å². The molecule has 0 aliphatic carbocycles. The minimum atomic E-state index is -0.921. The number of carboxylic acid groups (broad SMARTS) is 1. The first-order valence-electron chi connectivity index (χ1n) is 7.14. The molecule has 108 valence electrons. The van der Waals surface area contributed by atoms with Gasteiger partial charge in [-0.1, -0.05) is 17.7 Å². The fraction of sp³-hybridized carbons (Fsp3) is 0.294. The van der Waals surface area contributed by atoms with Gasteiger partial charge >= 0.3 is 5.97 Å². The Hall–Kier alpha value is -2.36. The zero-order chi connectivity index (χ0) is 15.0. The number of carboxylic acids is 1. The molecule has 1 aliphatic heterocycles. The van der Waals surface area contributed by atoms with Gasteiger partial charge in [-0.25, -0.2) is 9.78 Å². The number of rotatable bonds is 2. The number of hydrogen-bond acceptors (Lipinski definition) is 3. The van der Waals surface area contributed by atoms with Crippen LogP contribution in [-0.4, -0.2) is 22.6 Å². The molecule has 2 heterocycles. The lowest BCUT2D eigenvalue weighted by atomic mass is 9.98. The Kier molecular flexibility index (Phi) is 3.37. The first kappa shape index (κ1) is 13.6. The van der Waals surface area contributed by atoms with Gasteiger partial charge in [-0.05, 0) is 49.9 Å². The van der Waals surface area contributed by atoms with E-state index in [-0.39, 0.29) is 0 Å². The molecular formula is C17H18N2O2. The summed E-state index contributed by atoms with van der Waals surface area (Å²) in [6.07, 6.45) is 3.71. The number of pyridine rings is 1. The van der Waals surface area contributed by atoms with Crippen LogP contribution in [0.3, 0.4) is 0 Å². The number of carbonyl (C=O) groups is 1. The van der Waals surface area contributed by atoms with Crippen LogP contribution in [0.15, 0.2) is 30.5 Å². The van der Waals surface area contributed by atoms with E-state index in [4.69, 9.17) is 0 Å². The maximum absolute atomic E-state index is 11.6. The molecule has 0 radical (unpaired) electrons. The van der Waals surface area contributed by atoms with Gasteiger partial charge < -0.3 is 10.0 Å². The van der Waals surface area contributed by atoms with Crippen LogP contribution in [0.2, 0.25) is 0 Å². The van der Waals surface area contributed by atoms with E-state index in [1.807, 2.05) is 11.8 Å². The highest BCUT2D eigenvalue weighted by atomic mass is 16.4. The first-order valence-corrected chi connectivity index (χ1v) is 7.14. The van der Waals surface area contributed by atoms with Crippen LogP contribution < -0.4 is 4.90 Å². The number of aromatic carboxylic acids is 1. The van der Waals surface area contributed by atoms with Crippen LogP contribution in [0.4, 0.5) is 11.5 Å². The van der Waals surface area contributed by atoms with Crippen molar-refractivity contribution >= 4 is 17.5 Å². The second kappa shape index (κ2) is 5.20. The third-order valence-corrected chi connectivity index (χ3v) is 3.96. The van der Waals surface area contributed by atoms with Gasteiger partial charge in [0.1, 0.15) is 11.4 Å². The Morgan fingerprint density at radius 3 is 2.86 bits per heavy atom. The van der Waals surface area contributed by atoms with Gasteiger partial charge in [-0.15, -0.1) is 0 Å². The fourth-order valence-electron chi connectivity index (χ4n) is 2.96. The van der Waals surface area contributed by atoms with Crippen molar-refractivity contribution in [3.05, 3.63) is 52.7 Å². The van der Waals surface area contributed by atoms with E-state index < -0.39 is 5.97 Å². The van der Waals surface area contributed by atoms with Crippen LogP contribution in [0.5, 0.6) is 0 Å². The highest BCUT2D eigenvalue weighted by Gasteiger charge is 2.24. The molecule has 0 spiro atoms. The molecule has 0 bridgehead atoms. The van der Waals surface area contributed by atoms with Crippen LogP contribution in [0, 0.1) is 13.8 Å². The monoisotopic (exact) mass is 282 g/mol. The summed E-state index contributed by atoms with van der Waals surface area (Å²) >= 11 is 0. The predicted octanol–water partition coefficient (Wildman–Crippen LogP) is 3.48. The quantitative estimate of drug-likeness (QED) is 0.916. The van der Waals surface area contributed by atoms with Gasteiger partial charge in [0.25, 0.3) is 0 Å². The summed E-state index contributed by atoms with van der Waals surface area (Å²) in [7, 11) is 0. The average molecular weight is 282 g/mol. The van der Waals surface area contributed by atoms with E-state index in [0.717, 1.165) is 30.6 Å². The Morgan fingerprint density at radius 1 is 1.29 bits per heavy atom. The van der Waals surface area contributed by atoms with E-state index in [9.17, 15) is 9.90 Å². The molecular weight excluding hydrogens is 264 g/mol. The minimum Gasteiger partial charge on any atom is -0.478 e. The van der Waals surface area contributed by atoms with Crippen molar-refractivity contribution in [1.82, 2.24) is 4.98 Å². The maximum Gasteiger partial charge on any atom is 0.339 e. The SMILES string of the molecule is Cc1ccc2c(c1)CCCN2c1nccc(C)c1C(=O)O. The van der Waals surface area contributed by atoms with Crippen molar-refractivity contribution in [2.45, 2.75) is 26.7 Å². The zero-order valence-electron chi connectivity index (χ0n) is 12.3. The molecule has 0 saturated heterocycles. The van der Waals surface area contributed by atoms with Gasteiger partial charge in [0.2, 0.25) is 0 Å². The van der Waals surface area contributed by atoms with Crippen LogP contribution >= 0.6 is 0 Å². The molecule has 2 aromatic rings. The van der Waals surface area contributed by atoms with Crippen molar-refractivity contribution in [2.75, 3.05) is 11.4 Å². The standard InChI is InChI=1S/C17H18N2O2/c1-11-5-6-14-13(10-11)4-3-9-19(14)16-15(17(20)21)12(2)7-8-18-16/h5-8,10H,3-4,9H2,1-2H3,(H,20,21). The Bertz CT molecular complexity index is 710. The highest BCUT2D eigenvalue weighted by Crippen LogP contribution is 2.35. The number of fused-ring (bicyclic) bond motifs is 1. The van der Waals surface area contributed by atoms with Crippen LogP contribution in [-0.2, 0) is 6.42 Å². The van der Waals surface area contributed by atoms with Gasteiger partial charge in [0.15, 0.2) is 0 Å². The average Bonchev–Trinajstić information content (AvgIpc) is 2.45. The third kappa shape index (κ3) is 2.37. The largest absolute Gasteiger partial charge is 0.478 e. The molecule has 1 N–H and O–H groups in total. The summed E-state index contributed by atoms with van der Waals surface area (Å²) in [4.78, 5) is 18.0. The predicted molar refractivity (Wildman–Crippen MR) is 82.4 cm³/mol. The molecule has 0 unspecified atom stereocenters. The molecule has 0 atom stereocenters. The van der Waals surface area contributed by atoms with Crippen molar-refractivity contribution in [2.24, 2.45) is 0 Å². The van der Waals surface area contributed by atoms with Gasteiger partial charge in [0, 0.05) is 18.4 Å². The topological polar surface area (TPSA) is 53.4 Å². The normalized spacial score (nSPS) is 13.9. The Balaban J connectivity index is 2.16. The van der Waals surface area contributed by atoms with Gasteiger partial charge in [-0.3, -0.25) is 0 Å². The summed E-state index contributed by atoms with van der Waals surface area (Å²) in [5, 5.41) is 9.50. The van der Waals surface area contributed by atoms with E-state index >= 15 is 0 Å². The van der Waals surface area contributed by atoms with Crippen molar-refractivity contribution < 1.29 is 9.90 Å². The molecule has 4 heteroatoms. The molecule has 4 nitrogen and oxygen atoms in total. The van der Waals surface area contributed by atoms with E-state index in [0.29, 0.717) is 11.4 Å². The molecule has 1 aliphatic rings. The van der Waals surface area contributed by atoms with Gasteiger partial charge in [-0.2, -0.15) is 0 Å². The number of nitrogens with zero attached hydrogens (tertiary/aromatic N) is 2. The zero-order valence-corrected chi connectivity index (χ0v) is 12.3. The summed E-state index contributed by atoms with van der Waals surface area (Å²) in [5.41, 5.74) is 4.61. The number of hydrogen-bond donors (Lipinski definition) is 1. The second-order valence-corrected chi connectivity index (χ2v) is 5.52. The molecule has 0 saturated carbocycles. The fourth-order valence-corrected chi connectivity index (χ4v) is 2.96.